The first-order chi connectivity index (χ1) is 6.70. The Morgan fingerprint density at radius 3 is 2.64 bits per heavy atom. The van der Waals surface area contributed by atoms with E-state index >= 15 is 0 Å². The first-order valence-electron chi connectivity index (χ1n) is 5.29. The van der Waals surface area contributed by atoms with E-state index in [1.165, 1.54) is 0 Å². The highest BCUT2D eigenvalue weighted by atomic mass is 16.5. The lowest BCUT2D eigenvalue weighted by Crippen LogP contribution is -2.14. The molecule has 1 unspecified atom stereocenters. The molecule has 0 saturated heterocycles. The zero-order valence-electron chi connectivity index (χ0n) is 9.54. The van der Waals surface area contributed by atoms with Gasteiger partial charge in [-0.1, -0.05) is 26.7 Å². The summed E-state index contributed by atoms with van der Waals surface area (Å²) in [6.45, 7) is 5.53. The topological polar surface area (TPSA) is 35.5 Å². The van der Waals surface area contributed by atoms with Crippen LogP contribution in [-0.2, 0) is 14.3 Å². The van der Waals surface area contributed by atoms with Crippen LogP contribution in [0.15, 0.2) is 0 Å². The molecule has 0 aliphatic rings. The Balaban J connectivity index is 3.35. The van der Waals surface area contributed by atoms with E-state index in [1.807, 2.05) is 0 Å². The minimum absolute atomic E-state index is 0.196. The van der Waals surface area contributed by atoms with Gasteiger partial charge in [0.05, 0.1) is 13.2 Å². The first kappa shape index (κ1) is 13.6. The van der Waals surface area contributed by atoms with Crippen LogP contribution in [0.4, 0.5) is 0 Å². The third-order valence-electron chi connectivity index (χ3n) is 2.05. The van der Waals surface area contributed by atoms with E-state index in [2.05, 4.69) is 13.8 Å². The third kappa shape index (κ3) is 8.20. The Kier molecular flexibility index (Phi) is 8.89. The Bertz CT molecular complexity index is 145. The molecule has 0 radical (unpaired) electrons. The molecule has 3 heteroatoms. The summed E-state index contributed by atoms with van der Waals surface area (Å²) in [5, 5.41) is 0. The number of Topliss-reactive ketones (excluding diaryl/α,β-unsaturated/α-hetero) is 1. The van der Waals surface area contributed by atoms with Gasteiger partial charge in [-0.05, 0) is 5.92 Å². The minimum atomic E-state index is 0.196. The zero-order chi connectivity index (χ0) is 10.8. The Hall–Kier alpha value is -0.410. The summed E-state index contributed by atoms with van der Waals surface area (Å²) in [7, 11) is 1.62. The largest absolute Gasteiger partial charge is 0.382 e. The molecule has 84 valence electrons. The van der Waals surface area contributed by atoms with Crippen molar-refractivity contribution in [3.05, 3.63) is 0 Å². The second-order valence-electron chi connectivity index (χ2n) is 3.68. The molecule has 0 saturated carbocycles. The van der Waals surface area contributed by atoms with Crippen molar-refractivity contribution in [2.75, 3.05) is 26.9 Å². The van der Waals surface area contributed by atoms with Crippen LogP contribution in [0.1, 0.15) is 33.1 Å². The van der Waals surface area contributed by atoms with Gasteiger partial charge < -0.3 is 9.47 Å². The molecule has 0 aromatic carbocycles. The van der Waals surface area contributed by atoms with Crippen molar-refractivity contribution < 1.29 is 14.3 Å². The van der Waals surface area contributed by atoms with Gasteiger partial charge in [0.2, 0.25) is 0 Å². The lowest BCUT2D eigenvalue weighted by molar-refractivity contribution is -0.124. The van der Waals surface area contributed by atoms with Crippen LogP contribution in [0.25, 0.3) is 0 Å². The van der Waals surface area contributed by atoms with Gasteiger partial charge in [-0.25, -0.2) is 0 Å². The summed E-state index contributed by atoms with van der Waals surface area (Å²) < 4.78 is 9.95. The van der Waals surface area contributed by atoms with E-state index in [1.54, 1.807) is 7.11 Å². The molecule has 0 aromatic heterocycles. The van der Waals surface area contributed by atoms with Crippen molar-refractivity contribution in [2.45, 2.75) is 33.1 Å². The van der Waals surface area contributed by atoms with Crippen molar-refractivity contribution in [1.29, 1.82) is 0 Å². The molecule has 0 spiro atoms. The van der Waals surface area contributed by atoms with Gasteiger partial charge in [0.25, 0.3) is 0 Å². The lowest BCUT2D eigenvalue weighted by atomic mass is 10.00. The molecule has 0 aliphatic heterocycles. The summed E-state index contributed by atoms with van der Waals surface area (Å²) in [6, 6.07) is 0. The first-order valence-corrected chi connectivity index (χ1v) is 5.29. The maximum absolute atomic E-state index is 11.3. The van der Waals surface area contributed by atoms with Crippen LogP contribution in [0.2, 0.25) is 0 Å². The molecule has 14 heavy (non-hydrogen) atoms. The molecule has 0 rings (SSSR count). The average Bonchev–Trinajstić information content (AvgIpc) is 2.13. The Morgan fingerprint density at radius 2 is 2.07 bits per heavy atom. The summed E-state index contributed by atoms with van der Waals surface area (Å²) in [5.74, 6) is 0.681. The molecule has 3 nitrogen and oxygen atoms in total. The molecular weight excluding hydrogens is 180 g/mol. The fourth-order valence-corrected chi connectivity index (χ4v) is 1.37. The summed E-state index contributed by atoms with van der Waals surface area (Å²) in [4.78, 5) is 11.3. The predicted octanol–water partition coefficient (Wildman–Crippen LogP) is 2.04. The van der Waals surface area contributed by atoms with Gasteiger partial charge in [0.15, 0.2) is 5.78 Å². The van der Waals surface area contributed by atoms with E-state index in [0.29, 0.717) is 25.6 Å². The van der Waals surface area contributed by atoms with Crippen LogP contribution in [-0.4, -0.2) is 32.7 Å². The van der Waals surface area contributed by atoms with Crippen LogP contribution in [0.5, 0.6) is 0 Å². The smallest absolute Gasteiger partial charge is 0.158 e. The van der Waals surface area contributed by atoms with Crippen molar-refractivity contribution in [3.63, 3.8) is 0 Å². The van der Waals surface area contributed by atoms with Crippen molar-refractivity contribution in [1.82, 2.24) is 0 Å². The average molecular weight is 202 g/mol. The highest BCUT2D eigenvalue weighted by Crippen LogP contribution is 2.09. The van der Waals surface area contributed by atoms with E-state index in [-0.39, 0.29) is 12.4 Å². The van der Waals surface area contributed by atoms with Crippen LogP contribution < -0.4 is 0 Å². The highest BCUT2D eigenvalue weighted by Gasteiger charge is 2.08. The highest BCUT2D eigenvalue weighted by molar-refractivity contribution is 5.79. The minimum Gasteiger partial charge on any atom is -0.382 e. The number of ether oxygens (including phenoxy) is 2. The van der Waals surface area contributed by atoms with Gasteiger partial charge in [-0.2, -0.15) is 0 Å². The summed E-state index contributed by atoms with van der Waals surface area (Å²) in [5.41, 5.74) is 0. The van der Waals surface area contributed by atoms with Gasteiger partial charge in [-0.15, -0.1) is 0 Å². The molecular formula is C11H22O3. The second-order valence-corrected chi connectivity index (χ2v) is 3.68. The molecule has 0 heterocycles. The number of carbonyl (C=O) groups excluding carboxylic acids is 1. The molecule has 0 N–H and O–H groups in total. The molecule has 0 bridgehead atoms. The number of methoxy groups -OCH3 is 1. The zero-order valence-corrected chi connectivity index (χ0v) is 9.54. The van der Waals surface area contributed by atoms with E-state index < -0.39 is 0 Å². The fourth-order valence-electron chi connectivity index (χ4n) is 1.37. The third-order valence-corrected chi connectivity index (χ3v) is 2.05. The second kappa shape index (κ2) is 9.16. The number of rotatable bonds is 9. The van der Waals surface area contributed by atoms with Gasteiger partial charge in [0.1, 0.15) is 6.61 Å². The normalized spacial score (nSPS) is 12.8. The van der Waals surface area contributed by atoms with E-state index in [4.69, 9.17) is 9.47 Å². The maximum atomic E-state index is 11.3. The molecule has 0 aliphatic carbocycles. The number of carbonyl (C=O) groups is 1. The number of hydrogen-bond acceptors (Lipinski definition) is 3. The Labute approximate surface area is 86.8 Å². The van der Waals surface area contributed by atoms with Crippen molar-refractivity contribution >= 4 is 5.78 Å². The fraction of sp³-hybridized carbons (Fsp3) is 0.909. The van der Waals surface area contributed by atoms with Crippen molar-refractivity contribution in [2.24, 2.45) is 5.92 Å². The van der Waals surface area contributed by atoms with Gasteiger partial charge >= 0.3 is 0 Å². The standard InChI is InChI=1S/C11H22O3/c1-4-5-10(2)8-11(12)9-14-7-6-13-3/h10H,4-9H2,1-3H3. The monoisotopic (exact) mass is 202 g/mol. The molecule has 1 atom stereocenters. The van der Waals surface area contributed by atoms with Crippen molar-refractivity contribution in [3.8, 4) is 0 Å². The quantitative estimate of drug-likeness (QED) is 0.537. The van der Waals surface area contributed by atoms with E-state index in [0.717, 1.165) is 12.8 Å². The lowest BCUT2D eigenvalue weighted by Gasteiger charge is -2.08. The summed E-state index contributed by atoms with van der Waals surface area (Å²) in [6.07, 6.45) is 2.89. The predicted molar refractivity (Wildman–Crippen MR) is 56.4 cm³/mol. The maximum Gasteiger partial charge on any atom is 0.158 e. The van der Waals surface area contributed by atoms with Crippen LogP contribution in [0.3, 0.4) is 0 Å². The molecule has 0 fully saturated rings. The Morgan fingerprint density at radius 1 is 1.36 bits per heavy atom. The van der Waals surface area contributed by atoms with Gasteiger partial charge in [-0.3, -0.25) is 4.79 Å². The van der Waals surface area contributed by atoms with E-state index in [9.17, 15) is 4.79 Å². The molecule has 0 aromatic rings. The van der Waals surface area contributed by atoms with Crippen LogP contribution in [0, 0.1) is 5.92 Å². The number of ketones is 1. The summed E-state index contributed by atoms with van der Waals surface area (Å²) >= 11 is 0. The van der Waals surface area contributed by atoms with Crippen LogP contribution >= 0.6 is 0 Å². The SMILES string of the molecule is CCCC(C)CC(=O)COCCOC. The number of hydrogen-bond donors (Lipinski definition) is 0. The molecule has 0 amide bonds. The van der Waals surface area contributed by atoms with Gasteiger partial charge in [0, 0.05) is 13.5 Å².